The number of hydrogen-bond donors (Lipinski definition) is 2. The van der Waals surface area contributed by atoms with Gasteiger partial charge in [-0.3, -0.25) is 4.98 Å². The summed E-state index contributed by atoms with van der Waals surface area (Å²) in [4.78, 5) is 8.46. The second-order valence-electron chi connectivity index (χ2n) is 5.19. The van der Waals surface area contributed by atoms with Crippen LogP contribution in [0, 0.1) is 0 Å². The molecule has 7 heteroatoms. The maximum atomic E-state index is 9.67. The molecule has 3 aromatic heterocycles. The molecule has 1 aromatic carbocycles. The number of pyridine rings is 2. The maximum Gasteiger partial charge on any atom is 0.247 e. The van der Waals surface area contributed by atoms with Crippen LogP contribution in [0.2, 0.25) is 5.02 Å². The largest absolute Gasteiger partial charge is 0.508 e. The Morgan fingerprint density at radius 3 is 2.88 bits per heavy atom. The van der Waals surface area contributed by atoms with E-state index in [0.717, 1.165) is 16.8 Å². The van der Waals surface area contributed by atoms with E-state index < -0.39 is 0 Å². The zero-order valence-corrected chi connectivity index (χ0v) is 13.1. The molecule has 2 N–H and O–H groups in total. The van der Waals surface area contributed by atoms with Crippen LogP contribution in [-0.2, 0) is 0 Å². The highest BCUT2D eigenvalue weighted by Gasteiger charge is 2.09. The second-order valence-corrected chi connectivity index (χ2v) is 5.59. The van der Waals surface area contributed by atoms with E-state index in [1.165, 1.54) is 0 Å². The smallest absolute Gasteiger partial charge is 0.247 e. The Morgan fingerprint density at radius 2 is 2.04 bits per heavy atom. The van der Waals surface area contributed by atoms with Crippen LogP contribution < -0.4 is 5.32 Å². The lowest BCUT2D eigenvalue weighted by molar-refractivity contribution is 0.475. The van der Waals surface area contributed by atoms with E-state index in [1.807, 2.05) is 30.5 Å². The first-order chi connectivity index (χ1) is 11.7. The summed E-state index contributed by atoms with van der Waals surface area (Å²) in [7, 11) is 0. The summed E-state index contributed by atoms with van der Waals surface area (Å²) in [5.41, 5.74) is 3.07. The van der Waals surface area contributed by atoms with Gasteiger partial charge in [-0.25, -0.2) is 4.52 Å². The van der Waals surface area contributed by atoms with E-state index >= 15 is 0 Å². The highest BCUT2D eigenvalue weighted by Crippen LogP contribution is 2.31. The van der Waals surface area contributed by atoms with E-state index in [2.05, 4.69) is 20.4 Å². The Morgan fingerprint density at radius 1 is 1.12 bits per heavy atom. The molecule has 6 nitrogen and oxygen atoms in total. The van der Waals surface area contributed by atoms with Gasteiger partial charge in [0.25, 0.3) is 0 Å². The highest BCUT2D eigenvalue weighted by molar-refractivity contribution is 6.33. The molecule has 3 heterocycles. The van der Waals surface area contributed by atoms with Gasteiger partial charge < -0.3 is 10.4 Å². The molecule has 0 bridgehead atoms. The fraction of sp³-hybridized carbons (Fsp3) is 0. The summed E-state index contributed by atoms with van der Waals surface area (Å²) in [5.74, 6) is 0.633. The van der Waals surface area contributed by atoms with Crippen LogP contribution in [0.3, 0.4) is 0 Å². The van der Waals surface area contributed by atoms with E-state index in [0.29, 0.717) is 16.6 Å². The number of halogens is 1. The molecule has 0 amide bonds. The molecule has 0 unspecified atom stereocenters. The molecule has 0 radical (unpaired) electrons. The van der Waals surface area contributed by atoms with Crippen molar-refractivity contribution in [2.24, 2.45) is 0 Å². The quantitative estimate of drug-likeness (QED) is 0.593. The minimum Gasteiger partial charge on any atom is -0.508 e. The van der Waals surface area contributed by atoms with E-state index in [9.17, 15) is 5.11 Å². The average Bonchev–Trinajstić information content (AvgIpc) is 2.99. The first-order valence-electron chi connectivity index (χ1n) is 7.21. The van der Waals surface area contributed by atoms with Crippen LogP contribution in [0.25, 0.3) is 16.8 Å². The van der Waals surface area contributed by atoms with Gasteiger partial charge in [0.15, 0.2) is 5.65 Å². The van der Waals surface area contributed by atoms with Gasteiger partial charge in [0.05, 0.1) is 11.9 Å². The molecular weight excluding hydrogens is 326 g/mol. The summed E-state index contributed by atoms with van der Waals surface area (Å²) in [6.45, 7) is 0. The van der Waals surface area contributed by atoms with Crippen molar-refractivity contribution in [1.82, 2.24) is 19.6 Å². The number of phenolic OH excluding ortho intramolecular Hbond substituents is 1. The van der Waals surface area contributed by atoms with Gasteiger partial charge in [0.2, 0.25) is 5.95 Å². The van der Waals surface area contributed by atoms with Gasteiger partial charge in [-0.15, -0.1) is 5.10 Å². The van der Waals surface area contributed by atoms with Gasteiger partial charge >= 0.3 is 0 Å². The lowest BCUT2D eigenvalue weighted by Crippen LogP contribution is -1.93. The number of fused-ring (bicyclic) bond motifs is 1. The van der Waals surface area contributed by atoms with Gasteiger partial charge in [-0.2, -0.15) is 4.98 Å². The first kappa shape index (κ1) is 14.5. The van der Waals surface area contributed by atoms with E-state index in [-0.39, 0.29) is 5.75 Å². The minimum atomic E-state index is 0.159. The number of anilines is 2. The predicted octanol–water partition coefficient (Wildman–Crippen LogP) is 3.89. The summed E-state index contributed by atoms with van der Waals surface area (Å²) >= 11 is 6.22. The first-order valence-corrected chi connectivity index (χ1v) is 7.59. The predicted molar refractivity (Wildman–Crippen MR) is 92.6 cm³/mol. The molecule has 0 atom stereocenters. The van der Waals surface area contributed by atoms with Gasteiger partial charge in [-0.1, -0.05) is 11.6 Å². The number of aromatic hydroxyl groups is 1. The monoisotopic (exact) mass is 337 g/mol. The molecule has 0 aliphatic heterocycles. The standard InChI is InChI=1S/C17H12ClN5O/c18-15-5-4-13(24)8-14(15)11-3-6-16-21-17(22-23(16)10-11)20-12-2-1-7-19-9-12/h1-10,24H,(H,20,22). The van der Waals surface area contributed by atoms with Crippen LogP contribution in [-0.4, -0.2) is 24.7 Å². The lowest BCUT2D eigenvalue weighted by Gasteiger charge is -2.05. The maximum absolute atomic E-state index is 9.67. The van der Waals surface area contributed by atoms with Crippen LogP contribution >= 0.6 is 11.6 Å². The Bertz CT molecular complexity index is 1020. The summed E-state index contributed by atoms with van der Waals surface area (Å²) < 4.78 is 1.66. The number of benzene rings is 1. The summed E-state index contributed by atoms with van der Waals surface area (Å²) in [5, 5.41) is 17.7. The minimum absolute atomic E-state index is 0.159. The van der Waals surface area contributed by atoms with Crippen molar-refractivity contribution in [3.05, 3.63) is 66.1 Å². The van der Waals surface area contributed by atoms with Gasteiger partial charge in [0, 0.05) is 28.5 Å². The third kappa shape index (κ3) is 2.75. The summed E-state index contributed by atoms with van der Waals surface area (Å²) in [6, 6.07) is 12.3. The fourth-order valence-corrected chi connectivity index (χ4v) is 2.62. The van der Waals surface area contributed by atoms with Crippen molar-refractivity contribution in [3.63, 3.8) is 0 Å². The molecule has 0 aliphatic carbocycles. The third-order valence-electron chi connectivity index (χ3n) is 3.51. The zero-order chi connectivity index (χ0) is 16.5. The van der Waals surface area contributed by atoms with E-state index in [4.69, 9.17) is 11.6 Å². The topological polar surface area (TPSA) is 75.3 Å². The number of hydrogen-bond acceptors (Lipinski definition) is 5. The van der Waals surface area contributed by atoms with Crippen LogP contribution in [0.5, 0.6) is 5.75 Å². The molecule has 24 heavy (non-hydrogen) atoms. The normalized spacial score (nSPS) is 10.9. The van der Waals surface area contributed by atoms with Crippen molar-refractivity contribution >= 4 is 28.9 Å². The molecular formula is C17H12ClN5O. The van der Waals surface area contributed by atoms with Gasteiger partial charge in [-0.05, 0) is 42.5 Å². The Labute approximate surface area is 142 Å². The SMILES string of the molecule is Oc1ccc(Cl)c(-c2ccc3nc(Nc4cccnc4)nn3c2)c1. The van der Waals surface area contributed by atoms with Crippen molar-refractivity contribution in [2.75, 3.05) is 5.32 Å². The molecule has 0 aliphatic rings. The fourth-order valence-electron chi connectivity index (χ4n) is 2.40. The molecule has 4 aromatic rings. The zero-order valence-electron chi connectivity index (χ0n) is 12.4. The van der Waals surface area contributed by atoms with E-state index in [1.54, 1.807) is 35.1 Å². The Balaban J connectivity index is 1.72. The molecule has 0 saturated heterocycles. The molecule has 0 fully saturated rings. The molecule has 4 rings (SSSR count). The van der Waals surface area contributed by atoms with Crippen LogP contribution in [0.4, 0.5) is 11.6 Å². The third-order valence-corrected chi connectivity index (χ3v) is 3.84. The van der Waals surface area contributed by atoms with Crippen LogP contribution in [0.15, 0.2) is 61.1 Å². The Kier molecular flexibility index (Phi) is 3.51. The second kappa shape index (κ2) is 5.82. The van der Waals surface area contributed by atoms with Crippen molar-refractivity contribution < 1.29 is 5.11 Å². The lowest BCUT2D eigenvalue weighted by atomic mass is 10.1. The molecule has 0 spiro atoms. The molecule has 118 valence electrons. The number of nitrogens with zero attached hydrogens (tertiary/aromatic N) is 4. The summed E-state index contributed by atoms with van der Waals surface area (Å²) in [6.07, 6.45) is 5.22. The van der Waals surface area contributed by atoms with Crippen molar-refractivity contribution in [1.29, 1.82) is 0 Å². The van der Waals surface area contributed by atoms with Crippen molar-refractivity contribution in [2.45, 2.75) is 0 Å². The Hall–Kier alpha value is -3.12. The van der Waals surface area contributed by atoms with Crippen molar-refractivity contribution in [3.8, 4) is 16.9 Å². The number of nitrogens with one attached hydrogen (secondary N) is 1. The number of phenols is 1. The highest BCUT2D eigenvalue weighted by atomic mass is 35.5. The average molecular weight is 338 g/mol. The van der Waals surface area contributed by atoms with Crippen LogP contribution in [0.1, 0.15) is 0 Å². The number of aromatic nitrogens is 4. The van der Waals surface area contributed by atoms with Gasteiger partial charge in [0.1, 0.15) is 5.75 Å². The number of rotatable bonds is 3. The molecule has 0 saturated carbocycles.